The first-order chi connectivity index (χ1) is 8.06. The number of hydrogen-bond donors (Lipinski definition) is 2. The van der Waals surface area contributed by atoms with Crippen molar-refractivity contribution in [3.63, 3.8) is 0 Å². The van der Waals surface area contributed by atoms with Crippen LogP contribution in [0.3, 0.4) is 0 Å². The van der Waals surface area contributed by atoms with E-state index in [4.69, 9.17) is 5.73 Å². The van der Waals surface area contributed by atoms with E-state index in [1.165, 1.54) is 6.20 Å². The summed E-state index contributed by atoms with van der Waals surface area (Å²) in [5.41, 5.74) is 7.46. The summed E-state index contributed by atoms with van der Waals surface area (Å²) in [5.74, 6) is 0.176. The van der Waals surface area contributed by atoms with Crippen molar-refractivity contribution in [2.75, 3.05) is 11.1 Å². The van der Waals surface area contributed by atoms with Crippen LogP contribution in [0.2, 0.25) is 0 Å². The molecule has 0 bridgehead atoms. The normalized spacial score (nSPS) is 10.2. The smallest absolute Gasteiger partial charge is 0.277 e. The van der Waals surface area contributed by atoms with E-state index in [1.807, 2.05) is 6.92 Å². The predicted molar refractivity (Wildman–Crippen MR) is 64.5 cm³/mol. The van der Waals surface area contributed by atoms with Gasteiger partial charge in [-0.25, -0.2) is 4.98 Å². The molecule has 0 aliphatic heterocycles. The molecule has 0 atom stereocenters. The topological polar surface area (TPSA) is 85.8 Å². The van der Waals surface area contributed by atoms with Gasteiger partial charge in [-0.3, -0.25) is 9.48 Å². The molecule has 0 unspecified atom stereocenters. The van der Waals surface area contributed by atoms with Gasteiger partial charge < -0.3 is 11.1 Å². The standard InChI is InChI=1S/C11H13N5O/c1-7-5-10(13-6-8(7)12)14-11(17)9-3-4-16(2)15-9/h3-6H,12H2,1-2H3,(H,13,14,17). The molecule has 0 aliphatic carbocycles. The molecule has 0 radical (unpaired) electrons. The number of anilines is 2. The maximum absolute atomic E-state index is 11.8. The Labute approximate surface area is 98.5 Å². The summed E-state index contributed by atoms with van der Waals surface area (Å²) in [6.07, 6.45) is 3.22. The van der Waals surface area contributed by atoms with Crippen LogP contribution in [0.1, 0.15) is 16.1 Å². The maximum atomic E-state index is 11.8. The van der Waals surface area contributed by atoms with Crippen LogP contribution in [-0.4, -0.2) is 20.7 Å². The van der Waals surface area contributed by atoms with Gasteiger partial charge in [0, 0.05) is 13.2 Å². The van der Waals surface area contributed by atoms with Gasteiger partial charge in [0.25, 0.3) is 5.91 Å². The van der Waals surface area contributed by atoms with Crippen molar-refractivity contribution in [3.8, 4) is 0 Å². The molecule has 6 heteroatoms. The highest BCUT2D eigenvalue weighted by molar-refractivity contribution is 6.02. The Balaban J connectivity index is 2.15. The zero-order valence-electron chi connectivity index (χ0n) is 9.64. The fraction of sp³-hybridized carbons (Fsp3) is 0.182. The second-order valence-electron chi connectivity index (χ2n) is 3.75. The Morgan fingerprint density at radius 3 is 2.88 bits per heavy atom. The number of nitrogen functional groups attached to an aromatic ring is 1. The molecule has 88 valence electrons. The highest BCUT2D eigenvalue weighted by Crippen LogP contribution is 2.13. The van der Waals surface area contributed by atoms with Crippen molar-refractivity contribution >= 4 is 17.4 Å². The highest BCUT2D eigenvalue weighted by atomic mass is 16.2. The third-order valence-corrected chi connectivity index (χ3v) is 2.34. The first-order valence-corrected chi connectivity index (χ1v) is 5.09. The highest BCUT2D eigenvalue weighted by Gasteiger charge is 2.09. The van der Waals surface area contributed by atoms with E-state index in [0.29, 0.717) is 17.2 Å². The quantitative estimate of drug-likeness (QED) is 0.806. The van der Waals surface area contributed by atoms with Crippen LogP contribution in [0.5, 0.6) is 0 Å². The van der Waals surface area contributed by atoms with Crippen molar-refractivity contribution in [2.45, 2.75) is 6.92 Å². The molecule has 2 heterocycles. The van der Waals surface area contributed by atoms with Gasteiger partial charge >= 0.3 is 0 Å². The lowest BCUT2D eigenvalue weighted by Crippen LogP contribution is -2.14. The second-order valence-corrected chi connectivity index (χ2v) is 3.75. The van der Waals surface area contributed by atoms with Gasteiger partial charge in [-0.2, -0.15) is 5.10 Å². The minimum atomic E-state index is -0.290. The van der Waals surface area contributed by atoms with Gasteiger partial charge in [0.1, 0.15) is 5.82 Å². The van der Waals surface area contributed by atoms with E-state index in [-0.39, 0.29) is 5.91 Å². The van der Waals surface area contributed by atoms with Gasteiger partial charge in [0.2, 0.25) is 0 Å². The Hall–Kier alpha value is -2.37. The Morgan fingerprint density at radius 1 is 1.53 bits per heavy atom. The summed E-state index contributed by atoms with van der Waals surface area (Å²) < 4.78 is 1.57. The summed E-state index contributed by atoms with van der Waals surface area (Å²) >= 11 is 0. The maximum Gasteiger partial charge on any atom is 0.277 e. The number of hydrogen-bond acceptors (Lipinski definition) is 4. The lowest BCUT2D eigenvalue weighted by Gasteiger charge is -2.04. The van der Waals surface area contributed by atoms with Gasteiger partial charge in [-0.1, -0.05) is 0 Å². The van der Waals surface area contributed by atoms with E-state index in [2.05, 4.69) is 15.4 Å². The number of rotatable bonds is 2. The van der Waals surface area contributed by atoms with E-state index in [9.17, 15) is 4.79 Å². The van der Waals surface area contributed by atoms with Crippen LogP contribution >= 0.6 is 0 Å². The number of nitrogens with one attached hydrogen (secondary N) is 1. The minimum absolute atomic E-state index is 0.290. The largest absolute Gasteiger partial charge is 0.397 e. The van der Waals surface area contributed by atoms with Gasteiger partial charge in [0.15, 0.2) is 5.69 Å². The molecule has 0 spiro atoms. The first kappa shape index (κ1) is 11.1. The van der Waals surface area contributed by atoms with E-state index < -0.39 is 0 Å². The molecular weight excluding hydrogens is 218 g/mol. The molecule has 0 fully saturated rings. The summed E-state index contributed by atoms with van der Waals surface area (Å²) in [6, 6.07) is 3.36. The molecule has 1 amide bonds. The molecular formula is C11H13N5O. The average molecular weight is 231 g/mol. The third-order valence-electron chi connectivity index (χ3n) is 2.34. The van der Waals surface area contributed by atoms with Gasteiger partial charge in [-0.15, -0.1) is 0 Å². The molecule has 2 aromatic rings. The number of carbonyl (C=O) groups is 1. The zero-order valence-corrected chi connectivity index (χ0v) is 9.64. The van der Waals surface area contributed by atoms with E-state index in [1.54, 1.807) is 30.1 Å². The second kappa shape index (κ2) is 4.25. The summed E-state index contributed by atoms with van der Waals surface area (Å²) in [6.45, 7) is 1.85. The number of pyridine rings is 1. The fourth-order valence-corrected chi connectivity index (χ4v) is 1.35. The number of aromatic nitrogens is 3. The van der Waals surface area contributed by atoms with Crippen molar-refractivity contribution in [2.24, 2.45) is 7.05 Å². The Morgan fingerprint density at radius 2 is 2.29 bits per heavy atom. The van der Waals surface area contributed by atoms with Gasteiger partial charge in [-0.05, 0) is 24.6 Å². The lowest BCUT2D eigenvalue weighted by molar-refractivity contribution is 0.102. The molecule has 2 aromatic heterocycles. The van der Waals surface area contributed by atoms with Crippen LogP contribution in [0.4, 0.5) is 11.5 Å². The van der Waals surface area contributed by atoms with Crippen LogP contribution in [0.15, 0.2) is 24.5 Å². The molecule has 0 saturated carbocycles. The fourth-order valence-electron chi connectivity index (χ4n) is 1.35. The van der Waals surface area contributed by atoms with Crippen LogP contribution in [0, 0.1) is 6.92 Å². The van der Waals surface area contributed by atoms with Crippen molar-refractivity contribution in [3.05, 3.63) is 35.8 Å². The Kier molecular flexibility index (Phi) is 2.78. The zero-order chi connectivity index (χ0) is 12.4. The minimum Gasteiger partial charge on any atom is -0.397 e. The van der Waals surface area contributed by atoms with E-state index in [0.717, 1.165) is 5.56 Å². The molecule has 6 nitrogen and oxygen atoms in total. The average Bonchev–Trinajstić information content (AvgIpc) is 2.70. The molecule has 0 aliphatic rings. The summed E-state index contributed by atoms with van der Waals surface area (Å²) in [7, 11) is 1.75. The number of aryl methyl sites for hydroxylation is 2. The van der Waals surface area contributed by atoms with Crippen LogP contribution in [-0.2, 0) is 7.05 Å². The summed E-state index contributed by atoms with van der Waals surface area (Å²) in [5, 5.41) is 6.66. The predicted octanol–water partition coefficient (Wildman–Crippen LogP) is 0.958. The molecule has 0 saturated heterocycles. The summed E-state index contributed by atoms with van der Waals surface area (Å²) in [4.78, 5) is 15.8. The number of nitrogens with zero attached hydrogens (tertiary/aromatic N) is 3. The first-order valence-electron chi connectivity index (χ1n) is 5.09. The molecule has 0 aromatic carbocycles. The van der Waals surface area contributed by atoms with Crippen LogP contribution in [0.25, 0.3) is 0 Å². The molecule has 3 N–H and O–H groups in total. The SMILES string of the molecule is Cc1cc(NC(=O)c2ccn(C)n2)ncc1N. The monoisotopic (exact) mass is 231 g/mol. The van der Waals surface area contributed by atoms with Gasteiger partial charge in [0.05, 0.1) is 11.9 Å². The van der Waals surface area contributed by atoms with Crippen molar-refractivity contribution in [1.29, 1.82) is 0 Å². The number of carbonyl (C=O) groups excluding carboxylic acids is 1. The molecule has 17 heavy (non-hydrogen) atoms. The third kappa shape index (κ3) is 2.41. The number of amides is 1. The Bertz CT molecular complexity index is 561. The number of nitrogens with two attached hydrogens (primary N) is 1. The molecule has 2 rings (SSSR count). The van der Waals surface area contributed by atoms with Crippen molar-refractivity contribution < 1.29 is 4.79 Å². The van der Waals surface area contributed by atoms with Crippen LogP contribution < -0.4 is 11.1 Å². The van der Waals surface area contributed by atoms with E-state index >= 15 is 0 Å². The lowest BCUT2D eigenvalue weighted by atomic mass is 10.2. The van der Waals surface area contributed by atoms with Crippen molar-refractivity contribution in [1.82, 2.24) is 14.8 Å².